The van der Waals surface area contributed by atoms with Crippen LogP contribution in [0.15, 0.2) is 24.3 Å². The molecule has 1 unspecified atom stereocenters. The zero-order valence-corrected chi connectivity index (χ0v) is 14.6. The maximum Gasteiger partial charge on any atom is 0.341 e. The predicted octanol–water partition coefficient (Wildman–Crippen LogP) is 3.29. The summed E-state index contributed by atoms with van der Waals surface area (Å²) in [6, 6.07) is 7.60. The summed E-state index contributed by atoms with van der Waals surface area (Å²) in [5.74, 6) is -0.341. The van der Waals surface area contributed by atoms with E-state index in [9.17, 15) is 9.59 Å². The van der Waals surface area contributed by atoms with E-state index in [1.54, 1.807) is 12.1 Å². The van der Waals surface area contributed by atoms with E-state index >= 15 is 0 Å². The summed E-state index contributed by atoms with van der Waals surface area (Å²) in [7, 11) is 0. The van der Waals surface area contributed by atoms with Crippen LogP contribution in [0.5, 0.6) is 5.75 Å². The van der Waals surface area contributed by atoms with Crippen LogP contribution in [0.25, 0.3) is 0 Å². The number of amides is 1. The lowest BCUT2D eigenvalue weighted by Crippen LogP contribution is -2.42. The van der Waals surface area contributed by atoms with Gasteiger partial charge in [-0.1, -0.05) is 19.1 Å². The van der Waals surface area contributed by atoms with Crippen LogP contribution in [-0.2, 0) is 9.59 Å². The third kappa shape index (κ3) is 5.93. The molecule has 1 amide bonds. The van der Waals surface area contributed by atoms with Gasteiger partial charge in [0, 0.05) is 18.5 Å². The lowest BCUT2D eigenvalue weighted by atomic mass is 9.96. The van der Waals surface area contributed by atoms with Crippen LogP contribution in [-0.4, -0.2) is 40.6 Å². The van der Waals surface area contributed by atoms with E-state index in [1.165, 1.54) is 0 Å². The molecular formula is C18H27NO4. The van der Waals surface area contributed by atoms with Gasteiger partial charge in [0.15, 0.2) is 6.61 Å². The fraction of sp³-hybridized carbons (Fsp3) is 0.556. The van der Waals surface area contributed by atoms with Crippen molar-refractivity contribution in [2.75, 3.05) is 6.61 Å². The number of hydrogen-bond donors (Lipinski definition) is 1. The van der Waals surface area contributed by atoms with Crippen LogP contribution in [0, 0.1) is 0 Å². The molecule has 0 aromatic heterocycles. The second-order valence-corrected chi connectivity index (χ2v) is 6.35. The molecule has 0 saturated heterocycles. The Morgan fingerprint density at radius 1 is 1.13 bits per heavy atom. The molecule has 0 fully saturated rings. The Labute approximate surface area is 138 Å². The van der Waals surface area contributed by atoms with Crippen LogP contribution in [0.4, 0.5) is 0 Å². The van der Waals surface area contributed by atoms with Gasteiger partial charge < -0.3 is 14.7 Å². The molecule has 128 valence electrons. The SMILES string of the molecule is CC(CC(=O)N(C(C)C)C(C)C)c1cccc(OCC(=O)O)c1. The zero-order chi connectivity index (χ0) is 17.6. The summed E-state index contributed by atoms with van der Waals surface area (Å²) in [5.41, 5.74) is 0.966. The van der Waals surface area contributed by atoms with E-state index < -0.39 is 5.97 Å². The van der Waals surface area contributed by atoms with Crippen molar-refractivity contribution in [1.29, 1.82) is 0 Å². The number of nitrogens with zero attached hydrogens (tertiary/aromatic N) is 1. The van der Waals surface area contributed by atoms with E-state index in [1.807, 2.05) is 51.7 Å². The lowest BCUT2D eigenvalue weighted by Gasteiger charge is -2.31. The van der Waals surface area contributed by atoms with E-state index in [0.717, 1.165) is 5.56 Å². The average Bonchev–Trinajstić information content (AvgIpc) is 2.44. The molecule has 1 aromatic carbocycles. The van der Waals surface area contributed by atoms with Gasteiger partial charge in [-0.05, 0) is 51.3 Å². The van der Waals surface area contributed by atoms with E-state index in [-0.39, 0.29) is 30.5 Å². The summed E-state index contributed by atoms with van der Waals surface area (Å²) in [4.78, 5) is 25.0. The molecule has 23 heavy (non-hydrogen) atoms. The van der Waals surface area contributed by atoms with Crippen molar-refractivity contribution in [3.05, 3.63) is 29.8 Å². The smallest absolute Gasteiger partial charge is 0.341 e. The van der Waals surface area contributed by atoms with Crippen LogP contribution in [0.1, 0.15) is 52.5 Å². The number of benzene rings is 1. The van der Waals surface area contributed by atoms with Gasteiger partial charge in [0.25, 0.3) is 0 Å². The Morgan fingerprint density at radius 3 is 2.26 bits per heavy atom. The predicted molar refractivity (Wildman–Crippen MR) is 89.7 cm³/mol. The molecule has 0 spiro atoms. The fourth-order valence-electron chi connectivity index (χ4n) is 2.71. The van der Waals surface area contributed by atoms with Crippen LogP contribution in [0.3, 0.4) is 0 Å². The zero-order valence-electron chi connectivity index (χ0n) is 14.6. The molecule has 0 aliphatic heterocycles. The van der Waals surface area contributed by atoms with Gasteiger partial charge >= 0.3 is 5.97 Å². The number of carboxylic acid groups (broad SMARTS) is 1. The number of carbonyl (C=O) groups excluding carboxylic acids is 1. The number of ether oxygens (including phenoxy) is 1. The summed E-state index contributed by atoms with van der Waals surface area (Å²) < 4.78 is 5.19. The molecule has 5 heteroatoms. The summed E-state index contributed by atoms with van der Waals surface area (Å²) in [5, 5.41) is 8.66. The molecule has 0 saturated carbocycles. The van der Waals surface area contributed by atoms with Crippen molar-refractivity contribution < 1.29 is 19.4 Å². The Bertz CT molecular complexity index is 532. The molecule has 0 radical (unpaired) electrons. The second kappa shape index (κ2) is 8.56. The minimum absolute atomic E-state index is 0.0379. The van der Waals surface area contributed by atoms with Crippen molar-refractivity contribution in [3.63, 3.8) is 0 Å². The maximum atomic E-state index is 12.5. The van der Waals surface area contributed by atoms with E-state index in [4.69, 9.17) is 9.84 Å². The Morgan fingerprint density at radius 2 is 1.74 bits per heavy atom. The van der Waals surface area contributed by atoms with Crippen LogP contribution >= 0.6 is 0 Å². The van der Waals surface area contributed by atoms with Gasteiger partial charge in [-0.2, -0.15) is 0 Å². The number of hydrogen-bond acceptors (Lipinski definition) is 3. The lowest BCUT2D eigenvalue weighted by molar-refractivity contribution is -0.139. The standard InChI is InChI=1S/C18H27NO4/c1-12(2)19(13(3)4)17(20)9-14(5)15-7-6-8-16(10-15)23-11-18(21)22/h6-8,10,12-14H,9,11H2,1-5H3,(H,21,22). The molecule has 1 rings (SSSR count). The number of aliphatic carboxylic acids is 1. The first kappa shape index (κ1) is 19.0. The van der Waals surface area contributed by atoms with Crippen molar-refractivity contribution >= 4 is 11.9 Å². The first-order valence-electron chi connectivity index (χ1n) is 7.98. The summed E-state index contributed by atoms with van der Waals surface area (Å²) in [6.45, 7) is 9.69. The molecule has 0 bridgehead atoms. The molecule has 1 N–H and O–H groups in total. The molecule has 1 atom stereocenters. The Kier molecular flexibility index (Phi) is 7.07. The number of carboxylic acids is 1. The molecule has 5 nitrogen and oxygen atoms in total. The maximum absolute atomic E-state index is 12.5. The summed E-state index contributed by atoms with van der Waals surface area (Å²) in [6.07, 6.45) is 0.415. The van der Waals surface area contributed by atoms with Crippen LogP contribution in [0.2, 0.25) is 0 Å². The van der Waals surface area contributed by atoms with Crippen molar-refractivity contribution in [3.8, 4) is 5.75 Å². The van der Waals surface area contributed by atoms with Crippen LogP contribution < -0.4 is 4.74 Å². The topological polar surface area (TPSA) is 66.8 Å². The molecule has 1 aromatic rings. The Balaban J connectivity index is 2.77. The van der Waals surface area contributed by atoms with Gasteiger partial charge in [-0.3, -0.25) is 4.79 Å². The monoisotopic (exact) mass is 321 g/mol. The van der Waals surface area contributed by atoms with E-state index in [0.29, 0.717) is 12.2 Å². The van der Waals surface area contributed by atoms with E-state index in [2.05, 4.69) is 0 Å². The highest BCUT2D eigenvalue weighted by Crippen LogP contribution is 2.25. The second-order valence-electron chi connectivity index (χ2n) is 6.35. The third-order valence-corrected chi connectivity index (χ3v) is 3.67. The van der Waals surface area contributed by atoms with Gasteiger partial charge in [-0.15, -0.1) is 0 Å². The number of carbonyl (C=O) groups is 2. The third-order valence-electron chi connectivity index (χ3n) is 3.67. The first-order valence-corrected chi connectivity index (χ1v) is 7.98. The molecule has 0 heterocycles. The average molecular weight is 321 g/mol. The van der Waals surface area contributed by atoms with Gasteiger partial charge in [0.05, 0.1) is 0 Å². The van der Waals surface area contributed by atoms with Crippen molar-refractivity contribution in [2.24, 2.45) is 0 Å². The molecular weight excluding hydrogens is 294 g/mol. The van der Waals surface area contributed by atoms with Crippen molar-refractivity contribution in [1.82, 2.24) is 4.90 Å². The first-order chi connectivity index (χ1) is 10.7. The number of rotatable bonds is 8. The quantitative estimate of drug-likeness (QED) is 0.798. The highest BCUT2D eigenvalue weighted by atomic mass is 16.5. The summed E-state index contributed by atoms with van der Waals surface area (Å²) >= 11 is 0. The highest BCUT2D eigenvalue weighted by Gasteiger charge is 2.22. The molecule has 0 aliphatic carbocycles. The minimum atomic E-state index is -1.01. The van der Waals surface area contributed by atoms with Crippen molar-refractivity contribution in [2.45, 2.75) is 59.0 Å². The molecule has 0 aliphatic rings. The fourth-order valence-corrected chi connectivity index (χ4v) is 2.71. The normalized spacial score (nSPS) is 12.3. The minimum Gasteiger partial charge on any atom is -0.482 e. The van der Waals surface area contributed by atoms with Gasteiger partial charge in [0.1, 0.15) is 5.75 Å². The van der Waals surface area contributed by atoms with Gasteiger partial charge in [-0.25, -0.2) is 4.79 Å². The highest BCUT2D eigenvalue weighted by molar-refractivity contribution is 5.77. The largest absolute Gasteiger partial charge is 0.482 e. The van der Waals surface area contributed by atoms with Gasteiger partial charge in [0.2, 0.25) is 5.91 Å². The Hall–Kier alpha value is -2.04.